The van der Waals surface area contributed by atoms with E-state index in [2.05, 4.69) is 11.3 Å². The normalized spacial score (nSPS) is 13.0. The van der Waals surface area contributed by atoms with Crippen molar-refractivity contribution in [3.8, 4) is 0 Å². The molecule has 0 spiro atoms. The lowest BCUT2D eigenvalue weighted by atomic mass is 10.1. The van der Waals surface area contributed by atoms with Crippen molar-refractivity contribution in [1.82, 2.24) is 0 Å². The van der Waals surface area contributed by atoms with E-state index in [1.807, 2.05) is 0 Å². The van der Waals surface area contributed by atoms with Crippen LogP contribution in [-0.2, 0) is 9.53 Å². The molecule has 0 amide bonds. The molecule has 0 bridgehead atoms. The molecule has 0 saturated carbocycles. The van der Waals surface area contributed by atoms with E-state index in [1.54, 1.807) is 0 Å². The summed E-state index contributed by atoms with van der Waals surface area (Å²) >= 11 is 5.93. The summed E-state index contributed by atoms with van der Waals surface area (Å²) in [6, 6.07) is 5.41. The first-order chi connectivity index (χ1) is 8.45. The molecular weight excluding hydrogens is 259 g/mol. The SMILES string of the molecule is C=C(C(=O)OC)C(O)/C=C(\Cl)c1ccc(F)cc1. The van der Waals surface area contributed by atoms with Gasteiger partial charge < -0.3 is 9.84 Å². The molecule has 0 radical (unpaired) electrons. The van der Waals surface area contributed by atoms with Crippen LogP contribution in [0.25, 0.3) is 5.03 Å². The third kappa shape index (κ3) is 3.68. The molecule has 1 rings (SSSR count). The predicted octanol–water partition coefficient (Wildman–Crippen LogP) is 2.50. The van der Waals surface area contributed by atoms with Gasteiger partial charge in [0.25, 0.3) is 0 Å². The van der Waals surface area contributed by atoms with E-state index in [4.69, 9.17) is 11.6 Å². The lowest BCUT2D eigenvalue weighted by Gasteiger charge is -2.08. The number of ether oxygens (including phenoxy) is 1. The molecule has 5 heteroatoms. The van der Waals surface area contributed by atoms with Crippen LogP contribution in [0.2, 0.25) is 0 Å². The fourth-order valence-electron chi connectivity index (χ4n) is 1.20. The summed E-state index contributed by atoms with van der Waals surface area (Å²) < 4.78 is 17.1. The van der Waals surface area contributed by atoms with Crippen LogP contribution in [-0.4, -0.2) is 24.3 Å². The Kier molecular flexibility index (Phi) is 5.07. The monoisotopic (exact) mass is 270 g/mol. The van der Waals surface area contributed by atoms with E-state index in [1.165, 1.54) is 37.5 Å². The second-order valence-corrected chi connectivity index (χ2v) is 3.89. The molecular formula is C13H12ClFO3. The van der Waals surface area contributed by atoms with Gasteiger partial charge in [-0.3, -0.25) is 0 Å². The minimum atomic E-state index is -1.25. The number of hydrogen-bond donors (Lipinski definition) is 1. The number of halogens is 2. The third-order valence-corrected chi connectivity index (χ3v) is 2.57. The van der Waals surface area contributed by atoms with Gasteiger partial charge in [0.2, 0.25) is 0 Å². The third-order valence-electron chi connectivity index (χ3n) is 2.23. The molecule has 1 N–H and O–H groups in total. The lowest BCUT2D eigenvalue weighted by molar-refractivity contribution is -0.136. The molecule has 1 aromatic rings. The quantitative estimate of drug-likeness (QED) is 0.675. The van der Waals surface area contributed by atoms with Crippen molar-refractivity contribution >= 4 is 22.6 Å². The van der Waals surface area contributed by atoms with E-state index >= 15 is 0 Å². The maximum absolute atomic E-state index is 12.7. The summed E-state index contributed by atoms with van der Waals surface area (Å²) in [7, 11) is 1.19. The van der Waals surface area contributed by atoms with Gasteiger partial charge in [0.15, 0.2) is 0 Å². The molecule has 96 valence electrons. The number of esters is 1. The summed E-state index contributed by atoms with van der Waals surface area (Å²) in [5.74, 6) is -1.11. The molecule has 3 nitrogen and oxygen atoms in total. The van der Waals surface area contributed by atoms with Crippen molar-refractivity contribution in [2.24, 2.45) is 0 Å². The summed E-state index contributed by atoms with van der Waals surface area (Å²) in [4.78, 5) is 11.1. The van der Waals surface area contributed by atoms with Crippen LogP contribution in [0.3, 0.4) is 0 Å². The molecule has 0 aliphatic rings. The van der Waals surface area contributed by atoms with E-state index in [-0.39, 0.29) is 16.4 Å². The fourth-order valence-corrected chi connectivity index (χ4v) is 1.44. The number of rotatable bonds is 4. The summed E-state index contributed by atoms with van der Waals surface area (Å²) in [6.45, 7) is 3.40. The highest BCUT2D eigenvalue weighted by Gasteiger charge is 2.15. The topological polar surface area (TPSA) is 46.5 Å². The number of hydrogen-bond acceptors (Lipinski definition) is 3. The number of carbonyl (C=O) groups is 1. The molecule has 0 fully saturated rings. The minimum absolute atomic E-state index is 0.127. The number of benzene rings is 1. The van der Waals surface area contributed by atoms with Gasteiger partial charge in [-0.25, -0.2) is 9.18 Å². The van der Waals surface area contributed by atoms with Crippen LogP contribution in [0.15, 0.2) is 42.5 Å². The minimum Gasteiger partial charge on any atom is -0.466 e. The number of carbonyl (C=O) groups excluding carboxylic acids is 1. The zero-order chi connectivity index (χ0) is 13.7. The van der Waals surface area contributed by atoms with Crippen molar-refractivity contribution in [3.63, 3.8) is 0 Å². The zero-order valence-electron chi connectivity index (χ0n) is 9.69. The van der Waals surface area contributed by atoms with Gasteiger partial charge in [-0.05, 0) is 23.8 Å². The maximum atomic E-state index is 12.7. The molecule has 0 aromatic heterocycles. The highest BCUT2D eigenvalue weighted by molar-refractivity contribution is 6.48. The maximum Gasteiger partial charge on any atom is 0.336 e. The van der Waals surface area contributed by atoms with Crippen molar-refractivity contribution < 1.29 is 19.0 Å². The van der Waals surface area contributed by atoms with Gasteiger partial charge in [0, 0.05) is 5.03 Å². The van der Waals surface area contributed by atoms with Gasteiger partial charge in [0.1, 0.15) is 11.9 Å². The second-order valence-electron chi connectivity index (χ2n) is 3.48. The van der Waals surface area contributed by atoms with Crippen molar-refractivity contribution in [3.05, 3.63) is 53.9 Å². The van der Waals surface area contributed by atoms with Crippen LogP contribution in [0.5, 0.6) is 0 Å². The Morgan fingerprint density at radius 3 is 2.56 bits per heavy atom. The molecule has 18 heavy (non-hydrogen) atoms. The molecule has 1 atom stereocenters. The Labute approximate surface area is 109 Å². The molecule has 1 unspecified atom stereocenters. The van der Waals surface area contributed by atoms with E-state index in [0.717, 1.165) is 0 Å². The number of methoxy groups -OCH3 is 1. The largest absolute Gasteiger partial charge is 0.466 e. The van der Waals surface area contributed by atoms with Crippen molar-refractivity contribution in [2.75, 3.05) is 7.11 Å². The average molecular weight is 271 g/mol. The molecule has 0 saturated heterocycles. The Morgan fingerprint density at radius 1 is 1.50 bits per heavy atom. The van der Waals surface area contributed by atoms with Gasteiger partial charge in [0.05, 0.1) is 12.7 Å². The Hall–Kier alpha value is -1.65. The molecule has 0 aliphatic carbocycles. The van der Waals surface area contributed by atoms with Gasteiger partial charge in [-0.15, -0.1) is 0 Å². The summed E-state index contributed by atoms with van der Waals surface area (Å²) in [5.41, 5.74) is 0.396. The van der Waals surface area contributed by atoms with Gasteiger partial charge >= 0.3 is 5.97 Å². The van der Waals surface area contributed by atoms with Crippen LogP contribution in [0, 0.1) is 5.82 Å². The second kappa shape index (κ2) is 6.33. The van der Waals surface area contributed by atoms with Gasteiger partial charge in [-0.2, -0.15) is 0 Å². The Morgan fingerprint density at radius 2 is 2.06 bits per heavy atom. The number of aliphatic hydroxyl groups excluding tert-OH is 1. The summed E-state index contributed by atoms with van der Waals surface area (Å²) in [5, 5.41) is 9.86. The van der Waals surface area contributed by atoms with Crippen molar-refractivity contribution in [2.45, 2.75) is 6.10 Å². The Bertz CT molecular complexity index is 480. The lowest BCUT2D eigenvalue weighted by Crippen LogP contribution is -2.16. The number of aliphatic hydroxyl groups is 1. The highest BCUT2D eigenvalue weighted by atomic mass is 35.5. The van der Waals surface area contributed by atoms with Crippen LogP contribution in [0.4, 0.5) is 4.39 Å². The fraction of sp³-hybridized carbons (Fsp3) is 0.154. The molecule has 0 aliphatic heterocycles. The molecule has 0 heterocycles. The van der Waals surface area contributed by atoms with E-state index in [9.17, 15) is 14.3 Å². The first kappa shape index (κ1) is 14.4. The zero-order valence-corrected chi connectivity index (χ0v) is 10.4. The molecule has 1 aromatic carbocycles. The van der Waals surface area contributed by atoms with E-state index < -0.39 is 12.1 Å². The first-order valence-electron chi connectivity index (χ1n) is 5.04. The van der Waals surface area contributed by atoms with E-state index in [0.29, 0.717) is 5.56 Å². The van der Waals surface area contributed by atoms with Crippen LogP contribution < -0.4 is 0 Å². The highest BCUT2D eigenvalue weighted by Crippen LogP contribution is 2.21. The average Bonchev–Trinajstić information content (AvgIpc) is 2.37. The first-order valence-corrected chi connectivity index (χ1v) is 5.42. The van der Waals surface area contributed by atoms with Crippen LogP contribution in [0.1, 0.15) is 5.56 Å². The van der Waals surface area contributed by atoms with Crippen molar-refractivity contribution in [1.29, 1.82) is 0 Å². The predicted molar refractivity (Wildman–Crippen MR) is 67.4 cm³/mol. The van der Waals surface area contributed by atoms with Gasteiger partial charge in [-0.1, -0.05) is 30.3 Å². The van der Waals surface area contributed by atoms with Crippen LogP contribution >= 0.6 is 11.6 Å². The Balaban J connectivity index is 2.86. The standard InChI is InChI=1S/C13H12ClFO3/c1-8(13(17)18-2)12(16)7-11(14)9-3-5-10(15)6-4-9/h3-7,12,16H,1H2,2H3/b11-7-. The summed E-state index contributed by atoms with van der Waals surface area (Å²) in [6.07, 6.45) is -0.0244. The smallest absolute Gasteiger partial charge is 0.336 e.